The summed E-state index contributed by atoms with van der Waals surface area (Å²) in [6.45, 7) is 6.45. The standard InChI is InChI=1S/C25H29N3O2/c1-19-22(23-5-3-4-6-24(23)26-19)11-12-25(29)28-17-15-27(16-18-28)14-13-20-7-9-21(30-2)10-8-20/h3-12,26H,13-18H2,1-2H3/b12-11+. The van der Waals surface area contributed by atoms with Gasteiger partial charge in [0.05, 0.1) is 7.11 Å². The number of fused-ring (bicyclic) bond motifs is 1. The van der Waals surface area contributed by atoms with Gasteiger partial charge in [-0.2, -0.15) is 0 Å². The summed E-state index contributed by atoms with van der Waals surface area (Å²) in [6, 6.07) is 16.5. The molecule has 4 rings (SSSR count). The van der Waals surface area contributed by atoms with Crippen LogP contribution in [0.3, 0.4) is 0 Å². The fraction of sp³-hybridized carbons (Fsp3) is 0.320. The summed E-state index contributed by atoms with van der Waals surface area (Å²) in [4.78, 5) is 20.4. The Balaban J connectivity index is 1.28. The number of aromatic nitrogens is 1. The summed E-state index contributed by atoms with van der Waals surface area (Å²) in [5, 5.41) is 1.16. The molecule has 1 amide bonds. The molecular weight excluding hydrogens is 374 g/mol. The molecule has 3 aromatic rings. The highest BCUT2D eigenvalue weighted by atomic mass is 16.5. The minimum Gasteiger partial charge on any atom is -0.497 e. The smallest absolute Gasteiger partial charge is 0.246 e. The van der Waals surface area contributed by atoms with Crippen molar-refractivity contribution in [1.29, 1.82) is 0 Å². The number of nitrogens with zero attached hydrogens (tertiary/aromatic N) is 2. The van der Waals surface area contributed by atoms with Crippen LogP contribution in [0, 0.1) is 6.92 Å². The predicted molar refractivity (Wildman–Crippen MR) is 122 cm³/mol. The van der Waals surface area contributed by atoms with Crippen LogP contribution in [0.25, 0.3) is 17.0 Å². The quantitative estimate of drug-likeness (QED) is 0.636. The zero-order valence-corrected chi connectivity index (χ0v) is 17.7. The fourth-order valence-corrected chi connectivity index (χ4v) is 4.04. The Morgan fingerprint density at radius 3 is 2.53 bits per heavy atom. The van der Waals surface area contributed by atoms with Crippen molar-refractivity contribution in [3.05, 3.63) is 71.4 Å². The van der Waals surface area contributed by atoms with Crippen LogP contribution in [0.1, 0.15) is 16.8 Å². The van der Waals surface area contributed by atoms with Gasteiger partial charge in [0.25, 0.3) is 0 Å². The number of amides is 1. The second-order valence-corrected chi connectivity index (χ2v) is 7.81. The van der Waals surface area contributed by atoms with Gasteiger partial charge in [-0.15, -0.1) is 0 Å². The van der Waals surface area contributed by atoms with Crippen molar-refractivity contribution >= 4 is 22.9 Å². The number of H-pyrrole nitrogens is 1. The topological polar surface area (TPSA) is 48.6 Å². The average molecular weight is 404 g/mol. The first-order chi connectivity index (χ1) is 14.6. The number of aromatic amines is 1. The highest BCUT2D eigenvalue weighted by Crippen LogP contribution is 2.23. The van der Waals surface area contributed by atoms with Gasteiger partial charge in [0, 0.05) is 61.0 Å². The summed E-state index contributed by atoms with van der Waals surface area (Å²) >= 11 is 0. The molecule has 1 fully saturated rings. The van der Waals surface area contributed by atoms with E-state index in [4.69, 9.17) is 4.74 Å². The highest BCUT2D eigenvalue weighted by molar-refractivity contribution is 5.97. The molecule has 1 aliphatic rings. The molecule has 1 aliphatic heterocycles. The molecule has 5 heteroatoms. The van der Waals surface area contributed by atoms with Gasteiger partial charge >= 0.3 is 0 Å². The Bertz CT molecular complexity index is 1030. The lowest BCUT2D eigenvalue weighted by atomic mass is 10.1. The Kier molecular flexibility index (Phi) is 6.19. The number of aryl methyl sites for hydroxylation is 1. The molecule has 30 heavy (non-hydrogen) atoms. The Morgan fingerprint density at radius 2 is 1.80 bits per heavy atom. The lowest BCUT2D eigenvalue weighted by molar-refractivity contribution is -0.127. The van der Waals surface area contributed by atoms with E-state index in [1.807, 2.05) is 42.2 Å². The van der Waals surface area contributed by atoms with E-state index in [2.05, 4.69) is 34.1 Å². The lowest BCUT2D eigenvalue weighted by Gasteiger charge is -2.34. The summed E-state index contributed by atoms with van der Waals surface area (Å²) in [5.74, 6) is 0.983. The van der Waals surface area contributed by atoms with E-state index in [0.29, 0.717) is 0 Å². The number of hydrogen-bond acceptors (Lipinski definition) is 3. The molecule has 0 bridgehead atoms. The zero-order valence-electron chi connectivity index (χ0n) is 17.7. The second-order valence-electron chi connectivity index (χ2n) is 7.81. The monoisotopic (exact) mass is 403 g/mol. The van der Waals surface area contributed by atoms with Crippen LogP contribution in [0.2, 0.25) is 0 Å². The summed E-state index contributed by atoms with van der Waals surface area (Å²) in [5.41, 5.74) is 4.60. The third-order valence-electron chi connectivity index (χ3n) is 5.90. The number of carbonyl (C=O) groups is 1. The molecule has 1 aromatic heterocycles. The Morgan fingerprint density at radius 1 is 1.07 bits per heavy atom. The van der Waals surface area contributed by atoms with Crippen LogP contribution in [-0.2, 0) is 11.2 Å². The Hall–Kier alpha value is -3.05. The molecule has 156 valence electrons. The van der Waals surface area contributed by atoms with Crippen LogP contribution in [0.15, 0.2) is 54.6 Å². The lowest BCUT2D eigenvalue weighted by Crippen LogP contribution is -2.48. The SMILES string of the molecule is COc1ccc(CCN2CCN(C(=O)/C=C/c3c(C)[nH]c4ccccc34)CC2)cc1. The molecule has 0 atom stereocenters. The maximum Gasteiger partial charge on any atom is 0.246 e. The maximum atomic E-state index is 12.7. The molecular formula is C25H29N3O2. The average Bonchev–Trinajstić information content (AvgIpc) is 3.11. The van der Waals surface area contributed by atoms with Crippen molar-refractivity contribution < 1.29 is 9.53 Å². The van der Waals surface area contributed by atoms with E-state index in [1.165, 1.54) is 5.56 Å². The number of piperazine rings is 1. The number of hydrogen-bond donors (Lipinski definition) is 1. The minimum absolute atomic E-state index is 0.0921. The maximum absolute atomic E-state index is 12.7. The number of nitrogens with one attached hydrogen (secondary N) is 1. The largest absolute Gasteiger partial charge is 0.497 e. The van der Waals surface area contributed by atoms with Gasteiger partial charge in [-0.3, -0.25) is 9.69 Å². The first kappa shape index (κ1) is 20.2. The van der Waals surface area contributed by atoms with Crippen molar-refractivity contribution in [2.75, 3.05) is 39.8 Å². The Labute approximate surface area is 177 Å². The third-order valence-corrected chi connectivity index (χ3v) is 5.90. The normalized spacial score (nSPS) is 15.2. The molecule has 0 saturated carbocycles. The molecule has 0 aliphatic carbocycles. The van der Waals surface area contributed by atoms with Gasteiger partial charge in [0.15, 0.2) is 0 Å². The minimum atomic E-state index is 0.0921. The molecule has 1 saturated heterocycles. The van der Waals surface area contributed by atoms with Gasteiger partial charge < -0.3 is 14.6 Å². The number of ether oxygens (including phenoxy) is 1. The summed E-state index contributed by atoms with van der Waals surface area (Å²) in [6.07, 6.45) is 4.68. The summed E-state index contributed by atoms with van der Waals surface area (Å²) < 4.78 is 5.21. The highest BCUT2D eigenvalue weighted by Gasteiger charge is 2.19. The number of benzene rings is 2. The van der Waals surface area contributed by atoms with E-state index >= 15 is 0 Å². The van der Waals surface area contributed by atoms with Crippen LogP contribution < -0.4 is 4.74 Å². The van der Waals surface area contributed by atoms with Crippen LogP contribution in [0.5, 0.6) is 5.75 Å². The van der Waals surface area contributed by atoms with E-state index in [0.717, 1.165) is 67.1 Å². The fourth-order valence-electron chi connectivity index (χ4n) is 4.04. The van der Waals surface area contributed by atoms with Gasteiger partial charge in [-0.05, 0) is 43.2 Å². The molecule has 0 unspecified atom stereocenters. The molecule has 2 aromatic carbocycles. The second kappa shape index (κ2) is 9.18. The van der Waals surface area contributed by atoms with E-state index in [9.17, 15) is 4.79 Å². The van der Waals surface area contributed by atoms with Gasteiger partial charge in [0.1, 0.15) is 5.75 Å². The predicted octanol–water partition coefficient (Wildman–Crippen LogP) is 3.89. The molecule has 0 spiro atoms. The van der Waals surface area contributed by atoms with Crippen molar-refractivity contribution in [2.45, 2.75) is 13.3 Å². The van der Waals surface area contributed by atoms with Crippen molar-refractivity contribution in [3.8, 4) is 5.75 Å². The van der Waals surface area contributed by atoms with Crippen molar-refractivity contribution in [3.63, 3.8) is 0 Å². The van der Waals surface area contributed by atoms with Gasteiger partial charge in [-0.1, -0.05) is 30.3 Å². The van der Waals surface area contributed by atoms with Crippen LogP contribution in [-0.4, -0.2) is 60.5 Å². The van der Waals surface area contributed by atoms with E-state index in [1.54, 1.807) is 13.2 Å². The third kappa shape index (κ3) is 4.57. The molecule has 5 nitrogen and oxygen atoms in total. The van der Waals surface area contributed by atoms with E-state index in [-0.39, 0.29) is 5.91 Å². The number of para-hydroxylation sites is 1. The van der Waals surface area contributed by atoms with Crippen molar-refractivity contribution in [2.24, 2.45) is 0 Å². The van der Waals surface area contributed by atoms with Gasteiger partial charge in [0.2, 0.25) is 5.91 Å². The first-order valence-corrected chi connectivity index (χ1v) is 10.5. The molecule has 2 heterocycles. The number of methoxy groups -OCH3 is 1. The number of carbonyl (C=O) groups excluding carboxylic acids is 1. The summed E-state index contributed by atoms with van der Waals surface area (Å²) in [7, 11) is 1.69. The molecule has 1 N–H and O–H groups in total. The first-order valence-electron chi connectivity index (χ1n) is 10.5. The number of rotatable bonds is 6. The molecule has 0 radical (unpaired) electrons. The van der Waals surface area contributed by atoms with Gasteiger partial charge in [-0.25, -0.2) is 0 Å². The van der Waals surface area contributed by atoms with E-state index < -0.39 is 0 Å². The van der Waals surface area contributed by atoms with Crippen molar-refractivity contribution in [1.82, 2.24) is 14.8 Å². The van der Waals surface area contributed by atoms with Crippen LogP contribution >= 0.6 is 0 Å². The zero-order chi connectivity index (χ0) is 20.9. The van der Waals surface area contributed by atoms with Crippen LogP contribution in [0.4, 0.5) is 0 Å².